The summed E-state index contributed by atoms with van der Waals surface area (Å²) in [4.78, 5) is 27.1. The summed E-state index contributed by atoms with van der Waals surface area (Å²) in [5.41, 5.74) is 1.89. The highest BCUT2D eigenvalue weighted by Crippen LogP contribution is 2.33. The van der Waals surface area contributed by atoms with E-state index in [1.54, 1.807) is 30.5 Å². The SMILES string of the molecule is CC(C)(C)CCC(Oc1ccc(-c2ccc(C(F)(F)F)cc2)nc1)c1ccc(C(=O)NCCC=O)cc1. The van der Waals surface area contributed by atoms with Crippen LogP contribution in [0.5, 0.6) is 5.75 Å². The van der Waals surface area contributed by atoms with E-state index in [0.29, 0.717) is 22.6 Å². The predicted molar refractivity (Wildman–Crippen MR) is 136 cm³/mol. The summed E-state index contributed by atoms with van der Waals surface area (Å²) in [5.74, 6) is 0.286. The Morgan fingerprint density at radius 3 is 2.22 bits per heavy atom. The number of alkyl halides is 3. The number of hydrogen-bond acceptors (Lipinski definition) is 4. The normalized spacial score (nSPS) is 12.6. The first-order valence-corrected chi connectivity index (χ1v) is 12.1. The molecule has 0 bridgehead atoms. The molecular formula is C29H31F3N2O3. The number of amides is 1. The number of hydrogen-bond donors (Lipinski definition) is 1. The molecular weight excluding hydrogens is 481 g/mol. The molecule has 5 nitrogen and oxygen atoms in total. The number of nitrogens with zero attached hydrogens (tertiary/aromatic N) is 1. The van der Waals surface area contributed by atoms with Crippen LogP contribution >= 0.6 is 0 Å². The van der Waals surface area contributed by atoms with Gasteiger partial charge in [-0.3, -0.25) is 9.78 Å². The Labute approximate surface area is 215 Å². The van der Waals surface area contributed by atoms with E-state index in [0.717, 1.165) is 36.8 Å². The molecule has 0 saturated heterocycles. The fraction of sp³-hybridized carbons (Fsp3) is 0.345. The number of aldehydes is 1. The van der Waals surface area contributed by atoms with Crippen molar-refractivity contribution < 1.29 is 27.5 Å². The van der Waals surface area contributed by atoms with Crippen LogP contribution < -0.4 is 10.1 Å². The van der Waals surface area contributed by atoms with Crippen LogP contribution in [-0.4, -0.2) is 23.7 Å². The Morgan fingerprint density at radius 1 is 1.00 bits per heavy atom. The average Bonchev–Trinajstić information content (AvgIpc) is 2.86. The summed E-state index contributed by atoms with van der Waals surface area (Å²) in [7, 11) is 0. The van der Waals surface area contributed by atoms with Crippen molar-refractivity contribution in [1.29, 1.82) is 0 Å². The van der Waals surface area contributed by atoms with E-state index in [-0.39, 0.29) is 30.4 Å². The maximum atomic E-state index is 12.8. The molecule has 1 unspecified atom stereocenters. The summed E-state index contributed by atoms with van der Waals surface area (Å²) in [6.45, 7) is 6.74. The predicted octanol–water partition coefficient (Wildman–Crippen LogP) is 7.03. The van der Waals surface area contributed by atoms with E-state index < -0.39 is 11.7 Å². The van der Waals surface area contributed by atoms with Gasteiger partial charge in [0.05, 0.1) is 17.5 Å². The summed E-state index contributed by atoms with van der Waals surface area (Å²) < 4.78 is 44.8. The Morgan fingerprint density at radius 2 is 1.68 bits per heavy atom. The number of halogens is 3. The van der Waals surface area contributed by atoms with E-state index in [1.807, 2.05) is 12.1 Å². The van der Waals surface area contributed by atoms with Crippen LogP contribution in [-0.2, 0) is 11.0 Å². The first kappa shape index (κ1) is 27.9. The van der Waals surface area contributed by atoms with Gasteiger partial charge in [-0.1, -0.05) is 45.0 Å². The molecule has 0 radical (unpaired) electrons. The highest BCUT2D eigenvalue weighted by atomic mass is 19.4. The van der Waals surface area contributed by atoms with Crippen LogP contribution in [0.3, 0.4) is 0 Å². The lowest BCUT2D eigenvalue weighted by molar-refractivity contribution is -0.137. The Hall–Kier alpha value is -3.68. The Bertz CT molecular complexity index is 1170. The number of rotatable bonds is 10. The zero-order valence-corrected chi connectivity index (χ0v) is 21.1. The molecule has 1 heterocycles. The van der Waals surface area contributed by atoms with Gasteiger partial charge in [-0.25, -0.2) is 0 Å². The second kappa shape index (κ2) is 12.0. The second-order valence-corrected chi connectivity index (χ2v) is 9.99. The minimum absolute atomic E-state index is 0.0880. The Kier molecular flexibility index (Phi) is 9.08. The third kappa shape index (κ3) is 8.44. The zero-order chi connectivity index (χ0) is 27.1. The molecule has 0 aliphatic rings. The van der Waals surface area contributed by atoms with E-state index >= 15 is 0 Å². The highest BCUT2D eigenvalue weighted by Gasteiger charge is 2.30. The molecule has 37 heavy (non-hydrogen) atoms. The summed E-state index contributed by atoms with van der Waals surface area (Å²) in [6.07, 6.45) is -0.470. The van der Waals surface area contributed by atoms with Crippen LogP contribution in [0.15, 0.2) is 66.9 Å². The van der Waals surface area contributed by atoms with Gasteiger partial charge in [-0.05, 0) is 60.2 Å². The van der Waals surface area contributed by atoms with Crippen molar-refractivity contribution in [2.45, 2.75) is 52.3 Å². The maximum absolute atomic E-state index is 12.8. The van der Waals surface area contributed by atoms with E-state index in [4.69, 9.17) is 4.74 Å². The van der Waals surface area contributed by atoms with E-state index in [9.17, 15) is 22.8 Å². The lowest BCUT2D eigenvalue weighted by Gasteiger charge is -2.24. The van der Waals surface area contributed by atoms with Crippen molar-refractivity contribution in [3.05, 3.63) is 83.6 Å². The van der Waals surface area contributed by atoms with Crippen LogP contribution in [0.25, 0.3) is 11.3 Å². The molecule has 1 amide bonds. The lowest BCUT2D eigenvalue weighted by atomic mass is 9.88. The van der Waals surface area contributed by atoms with Gasteiger partial charge in [-0.15, -0.1) is 0 Å². The third-order valence-corrected chi connectivity index (χ3v) is 5.77. The number of nitrogens with one attached hydrogen (secondary N) is 1. The van der Waals surface area contributed by atoms with Gasteiger partial charge in [0.15, 0.2) is 0 Å². The number of benzene rings is 2. The first-order chi connectivity index (χ1) is 17.5. The van der Waals surface area contributed by atoms with Crippen molar-refractivity contribution in [1.82, 2.24) is 10.3 Å². The molecule has 1 N–H and O–H groups in total. The largest absolute Gasteiger partial charge is 0.484 e. The fourth-order valence-electron chi connectivity index (χ4n) is 3.67. The molecule has 196 valence electrons. The number of pyridine rings is 1. The van der Waals surface area contributed by atoms with Crippen LogP contribution in [0.2, 0.25) is 0 Å². The standard InChI is InChI=1S/C29H31F3N2O3/c1-28(2,3)16-15-26(21-5-7-22(8-6-21)27(36)33-17-4-18-35)37-24-13-14-25(34-19-24)20-9-11-23(12-10-20)29(30,31)32/h5-14,18-19,26H,4,15-17H2,1-3H3,(H,33,36). The smallest absolute Gasteiger partial charge is 0.416 e. The van der Waals surface area contributed by atoms with E-state index in [1.165, 1.54) is 12.1 Å². The van der Waals surface area contributed by atoms with Crippen molar-refractivity contribution in [2.75, 3.05) is 6.54 Å². The van der Waals surface area contributed by atoms with Gasteiger partial charge >= 0.3 is 6.18 Å². The fourth-order valence-corrected chi connectivity index (χ4v) is 3.67. The second-order valence-electron chi connectivity index (χ2n) is 9.99. The Balaban J connectivity index is 1.75. The van der Waals surface area contributed by atoms with Crippen LogP contribution in [0.4, 0.5) is 13.2 Å². The summed E-state index contributed by atoms with van der Waals surface area (Å²) in [6, 6.07) is 15.5. The molecule has 8 heteroatoms. The molecule has 1 aromatic heterocycles. The van der Waals surface area contributed by atoms with Gasteiger partial charge in [0.25, 0.3) is 5.91 Å². The van der Waals surface area contributed by atoms with Gasteiger partial charge < -0.3 is 14.8 Å². The van der Waals surface area contributed by atoms with Crippen molar-refractivity contribution in [2.24, 2.45) is 5.41 Å². The lowest BCUT2D eigenvalue weighted by Crippen LogP contribution is -2.24. The molecule has 2 aromatic carbocycles. The number of carbonyl (C=O) groups excluding carboxylic acids is 2. The quantitative estimate of drug-likeness (QED) is 0.234. The van der Waals surface area contributed by atoms with Crippen LogP contribution in [0.1, 0.15) is 67.6 Å². The summed E-state index contributed by atoms with van der Waals surface area (Å²) in [5, 5.41) is 2.70. The summed E-state index contributed by atoms with van der Waals surface area (Å²) >= 11 is 0. The minimum atomic E-state index is -4.38. The van der Waals surface area contributed by atoms with Gasteiger partial charge in [0.2, 0.25) is 0 Å². The number of ether oxygens (including phenoxy) is 1. The maximum Gasteiger partial charge on any atom is 0.416 e. The molecule has 0 fully saturated rings. The zero-order valence-electron chi connectivity index (χ0n) is 21.1. The first-order valence-electron chi connectivity index (χ1n) is 12.1. The molecule has 0 aliphatic carbocycles. The molecule has 3 aromatic rings. The monoisotopic (exact) mass is 512 g/mol. The van der Waals surface area contributed by atoms with Gasteiger partial charge in [-0.2, -0.15) is 13.2 Å². The minimum Gasteiger partial charge on any atom is -0.484 e. The molecule has 0 saturated carbocycles. The number of carbonyl (C=O) groups is 2. The van der Waals surface area contributed by atoms with Crippen LogP contribution in [0, 0.1) is 5.41 Å². The molecule has 1 atom stereocenters. The molecule has 0 aliphatic heterocycles. The molecule has 3 rings (SSSR count). The van der Waals surface area contributed by atoms with E-state index in [2.05, 4.69) is 31.1 Å². The third-order valence-electron chi connectivity index (χ3n) is 5.77. The topological polar surface area (TPSA) is 68.3 Å². The van der Waals surface area contributed by atoms with Crippen molar-refractivity contribution in [3.8, 4) is 17.0 Å². The van der Waals surface area contributed by atoms with Gasteiger partial charge in [0.1, 0.15) is 18.1 Å². The average molecular weight is 513 g/mol. The number of aromatic nitrogens is 1. The van der Waals surface area contributed by atoms with Gasteiger partial charge in [0, 0.05) is 24.1 Å². The molecule has 0 spiro atoms. The van der Waals surface area contributed by atoms with Crippen molar-refractivity contribution in [3.63, 3.8) is 0 Å². The highest BCUT2D eigenvalue weighted by molar-refractivity contribution is 5.94. The van der Waals surface area contributed by atoms with Crippen molar-refractivity contribution >= 4 is 12.2 Å².